The van der Waals surface area contributed by atoms with Crippen LogP contribution in [0.1, 0.15) is 27.9 Å². The van der Waals surface area contributed by atoms with E-state index in [1.54, 1.807) is 12.1 Å². The summed E-state index contributed by atoms with van der Waals surface area (Å²) in [4.78, 5) is 14.6. The second-order valence-corrected chi connectivity index (χ2v) is 5.39. The number of hydrogen-bond donors (Lipinski definition) is 3. The molecular formula is C17H18F3N3O2. The van der Waals surface area contributed by atoms with E-state index in [0.717, 1.165) is 24.2 Å². The first-order valence-corrected chi connectivity index (χ1v) is 7.66. The Morgan fingerprint density at radius 1 is 1.16 bits per heavy atom. The highest BCUT2D eigenvalue weighted by Gasteiger charge is 2.30. The third-order valence-electron chi connectivity index (χ3n) is 3.43. The van der Waals surface area contributed by atoms with Crippen LogP contribution >= 0.6 is 0 Å². The molecule has 2 aromatic rings. The number of hydrogen-bond acceptors (Lipinski definition) is 4. The molecular weight excluding hydrogens is 335 g/mol. The van der Waals surface area contributed by atoms with E-state index >= 15 is 0 Å². The highest BCUT2D eigenvalue weighted by atomic mass is 19.4. The number of aromatic carboxylic acids is 1. The van der Waals surface area contributed by atoms with Gasteiger partial charge in [-0.2, -0.15) is 13.2 Å². The lowest BCUT2D eigenvalue weighted by Gasteiger charge is -2.09. The van der Waals surface area contributed by atoms with Gasteiger partial charge in [0.1, 0.15) is 5.82 Å². The van der Waals surface area contributed by atoms with Crippen LogP contribution in [-0.2, 0) is 12.7 Å². The molecule has 0 aliphatic carbocycles. The Bertz CT molecular complexity index is 703. The summed E-state index contributed by atoms with van der Waals surface area (Å²) in [5, 5.41) is 15.1. The maximum atomic E-state index is 12.4. The van der Waals surface area contributed by atoms with Crippen LogP contribution in [0.15, 0.2) is 42.6 Å². The highest BCUT2D eigenvalue weighted by molar-refractivity contribution is 5.87. The van der Waals surface area contributed by atoms with Crippen LogP contribution in [0, 0.1) is 0 Å². The number of anilines is 1. The van der Waals surface area contributed by atoms with Crippen LogP contribution < -0.4 is 10.6 Å². The molecule has 8 heteroatoms. The number of carbonyl (C=O) groups is 1. The largest absolute Gasteiger partial charge is 0.478 e. The lowest BCUT2D eigenvalue weighted by Crippen LogP contribution is -2.18. The summed E-state index contributed by atoms with van der Waals surface area (Å²) in [6, 6.07) is 8.96. The predicted octanol–water partition coefficient (Wildman–Crippen LogP) is 3.39. The number of carboxylic acid groups (broad SMARTS) is 1. The van der Waals surface area contributed by atoms with Gasteiger partial charge in [0, 0.05) is 19.3 Å². The molecule has 0 radical (unpaired) electrons. The molecule has 134 valence electrons. The fraction of sp³-hybridized carbons (Fsp3) is 0.294. The average molecular weight is 353 g/mol. The molecule has 25 heavy (non-hydrogen) atoms. The van der Waals surface area contributed by atoms with Gasteiger partial charge in [0.2, 0.25) is 0 Å². The first-order valence-electron chi connectivity index (χ1n) is 7.66. The predicted molar refractivity (Wildman–Crippen MR) is 87.5 cm³/mol. The van der Waals surface area contributed by atoms with E-state index in [2.05, 4.69) is 15.6 Å². The zero-order valence-corrected chi connectivity index (χ0v) is 13.3. The molecule has 1 heterocycles. The van der Waals surface area contributed by atoms with Gasteiger partial charge >= 0.3 is 12.1 Å². The summed E-state index contributed by atoms with van der Waals surface area (Å²) < 4.78 is 37.3. The van der Waals surface area contributed by atoms with Crippen molar-refractivity contribution in [3.05, 3.63) is 59.3 Å². The second-order valence-electron chi connectivity index (χ2n) is 5.39. The van der Waals surface area contributed by atoms with Crippen molar-refractivity contribution >= 4 is 11.8 Å². The summed E-state index contributed by atoms with van der Waals surface area (Å²) in [5.41, 5.74) is 0.343. The van der Waals surface area contributed by atoms with Crippen molar-refractivity contribution in [1.29, 1.82) is 0 Å². The zero-order chi connectivity index (χ0) is 18.3. The molecule has 0 fully saturated rings. The van der Waals surface area contributed by atoms with Gasteiger partial charge in [0.25, 0.3) is 0 Å². The Morgan fingerprint density at radius 3 is 2.60 bits per heavy atom. The Kier molecular flexibility index (Phi) is 6.35. The monoisotopic (exact) mass is 353 g/mol. The molecule has 0 aliphatic rings. The van der Waals surface area contributed by atoms with Gasteiger partial charge in [-0.05, 0) is 42.8 Å². The summed E-state index contributed by atoms with van der Waals surface area (Å²) in [5.74, 6) is -0.572. The maximum Gasteiger partial charge on any atom is 0.417 e. The SMILES string of the molecule is O=C(O)c1cccc(CNCCCNc2ccc(C(F)(F)F)cn2)c1. The molecule has 0 atom stereocenters. The molecule has 2 rings (SSSR count). The van der Waals surface area contributed by atoms with Crippen molar-refractivity contribution in [1.82, 2.24) is 10.3 Å². The minimum absolute atomic E-state index is 0.245. The minimum Gasteiger partial charge on any atom is -0.478 e. The van der Waals surface area contributed by atoms with E-state index in [1.807, 2.05) is 6.07 Å². The Labute approximate surface area is 142 Å². The van der Waals surface area contributed by atoms with E-state index in [-0.39, 0.29) is 5.56 Å². The Hall–Kier alpha value is -2.61. The van der Waals surface area contributed by atoms with Gasteiger partial charge in [-0.25, -0.2) is 9.78 Å². The number of aromatic nitrogens is 1. The number of halogens is 3. The Morgan fingerprint density at radius 2 is 1.96 bits per heavy atom. The van der Waals surface area contributed by atoms with Crippen LogP contribution in [0.5, 0.6) is 0 Å². The van der Waals surface area contributed by atoms with Gasteiger partial charge < -0.3 is 15.7 Å². The number of benzene rings is 1. The third kappa shape index (κ3) is 6.07. The van der Waals surface area contributed by atoms with Crippen molar-refractivity contribution in [2.75, 3.05) is 18.4 Å². The third-order valence-corrected chi connectivity index (χ3v) is 3.43. The number of carboxylic acids is 1. The van der Waals surface area contributed by atoms with Gasteiger partial charge in [0.05, 0.1) is 11.1 Å². The van der Waals surface area contributed by atoms with Crippen LogP contribution in [0.4, 0.5) is 19.0 Å². The fourth-order valence-electron chi connectivity index (χ4n) is 2.14. The smallest absolute Gasteiger partial charge is 0.417 e. The average Bonchev–Trinajstić information content (AvgIpc) is 2.58. The molecule has 0 spiro atoms. The quantitative estimate of drug-likeness (QED) is 0.635. The van der Waals surface area contributed by atoms with Crippen LogP contribution in [-0.4, -0.2) is 29.1 Å². The number of nitrogens with one attached hydrogen (secondary N) is 2. The normalized spacial score (nSPS) is 11.3. The second kappa shape index (κ2) is 8.48. The molecule has 1 aromatic heterocycles. The van der Waals surface area contributed by atoms with Crippen LogP contribution in [0.3, 0.4) is 0 Å². The molecule has 3 N–H and O–H groups in total. The zero-order valence-electron chi connectivity index (χ0n) is 13.3. The van der Waals surface area contributed by atoms with Gasteiger partial charge in [-0.3, -0.25) is 0 Å². The fourth-order valence-corrected chi connectivity index (χ4v) is 2.14. The van der Waals surface area contributed by atoms with Crippen molar-refractivity contribution in [2.45, 2.75) is 19.1 Å². The Balaban J connectivity index is 1.67. The molecule has 0 amide bonds. The van der Waals surface area contributed by atoms with Crippen LogP contribution in [0.25, 0.3) is 0 Å². The van der Waals surface area contributed by atoms with E-state index in [1.165, 1.54) is 12.1 Å². The summed E-state index contributed by atoms with van der Waals surface area (Å²) in [6.45, 7) is 1.77. The van der Waals surface area contributed by atoms with E-state index < -0.39 is 17.7 Å². The van der Waals surface area contributed by atoms with E-state index in [9.17, 15) is 18.0 Å². The van der Waals surface area contributed by atoms with Gasteiger partial charge in [-0.15, -0.1) is 0 Å². The van der Waals surface area contributed by atoms with Crippen molar-refractivity contribution in [2.24, 2.45) is 0 Å². The topological polar surface area (TPSA) is 74.2 Å². The van der Waals surface area contributed by atoms with E-state index in [4.69, 9.17) is 5.11 Å². The molecule has 0 saturated carbocycles. The van der Waals surface area contributed by atoms with Gasteiger partial charge in [0.15, 0.2) is 0 Å². The minimum atomic E-state index is -4.38. The summed E-state index contributed by atoms with van der Waals surface area (Å²) in [6.07, 6.45) is -2.84. The maximum absolute atomic E-state index is 12.4. The van der Waals surface area contributed by atoms with Crippen molar-refractivity contribution in [3.8, 4) is 0 Å². The molecule has 1 aromatic carbocycles. The number of pyridine rings is 1. The first-order chi connectivity index (χ1) is 11.9. The lowest BCUT2D eigenvalue weighted by atomic mass is 10.1. The molecule has 5 nitrogen and oxygen atoms in total. The van der Waals surface area contributed by atoms with E-state index in [0.29, 0.717) is 25.5 Å². The first kappa shape index (κ1) is 18.7. The summed E-state index contributed by atoms with van der Waals surface area (Å²) in [7, 11) is 0. The molecule has 0 saturated heterocycles. The van der Waals surface area contributed by atoms with Crippen molar-refractivity contribution in [3.63, 3.8) is 0 Å². The molecule has 0 aliphatic heterocycles. The summed E-state index contributed by atoms with van der Waals surface area (Å²) >= 11 is 0. The highest BCUT2D eigenvalue weighted by Crippen LogP contribution is 2.28. The standard InChI is InChI=1S/C17H18F3N3O2/c18-17(19,20)14-5-6-15(23-11-14)22-8-2-7-21-10-12-3-1-4-13(9-12)16(24)25/h1,3-6,9,11,21H,2,7-8,10H2,(H,22,23)(H,24,25). The number of alkyl halides is 3. The lowest BCUT2D eigenvalue weighted by molar-refractivity contribution is -0.137. The molecule has 0 bridgehead atoms. The van der Waals surface area contributed by atoms with Crippen LogP contribution in [0.2, 0.25) is 0 Å². The number of rotatable bonds is 8. The van der Waals surface area contributed by atoms with Crippen molar-refractivity contribution < 1.29 is 23.1 Å². The van der Waals surface area contributed by atoms with Gasteiger partial charge in [-0.1, -0.05) is 12.1 Å². The number of nitrogens with zero attached hydrogens (tertiary/aromatic N) is 1. The molecule has 0 unspecified atom stereocenters.